The van der Waals surface area contributed by atoms with Gasteiger partial charge in [-0.2, -0.15) is 0 Å². The lowest BCUT2D eigenvalue weighted by molar-refractivity contribution is 0.407. The Morgan fingerprint density at radius 1 is 1.41 bits per heavy atom. The summed E-state index contributed by atoms with van der Waals surface area (Å²) in [6.45, 7) is 0. The van der Waals surface area contributed by atoms with Gasteiger partial charge in [-0.3, -0.25) is 0 Å². The summed E-state index contributed by atoms with van der Waals surface area (Å²) in [5.41, 5.74) is 2.80. The van der Waals surface area contributed by atoms with Crippen LogP contribution < -0.4 is 4.74 Å². The largest absolute Gasteiger partial charge is 0.507 e. The highest BCUT2D eigenvalue weighted by Crippen LogP contribution is 2.36. The Bertz CT molecular complexity index is 492. The molecule has 1 aromatic rings. The first kappa shape index (κ1) is 12.5. The van der Waals surface area contributed by atoms with Crippen LogP contribution in [0.5, 0.6) is 5.75 Å². The molecule has 0 radical (unpaired) electrons. The molecule has 0 bridgehead atoms. The van der Waals surface area contributed by atoms with E-state index in [1.807, 2.05) is 24.5 Å². The fraction of sp³-hybridized carbons (Fsp3) is 0.308. The molecule has 0 unspecified atom stereocenters. The Morgan fingerprint density at radius 3 is 2.82 bits per heavy atom. The van der Waals surface area contributed by atoms with Crippen LogP contribution in [0, 0.1) is 0 Å². The van der Waals surface area contributed by atoms with Gasteiger partial charge in [0.25, 0.3) is 0 Å². The van der Waals surface area contributed by atoms with Gasteiger partial charge in [-0.05, 0) is 25.2 Å². The molecule has 0 spiro atoms. The number of thioether (sulfide) groups is 1. The number of fused-ring (bicyclic) bond motifs is 1. The van der Waals surface area contributed by atoms with Crippen molar-refractivity contribution in [1.82, 2.24) is 0 Å². The summed E-state index contributed by atoms with van der Waals surface area (Å²) in [6, 6.07) is 5.72. The van der Waals surface area contributed by atoms with Crippen molar-refractivity contribution in [2.24, 2.45) is 0 Å². The normalized spacial score (nSPS) is 14.5. The Balaban J connectivity index is 2.53. The van der Waals surface area contributed by atoms with Crippen LogP contribution in [0.1, 0.15) is 17.5 Å². The van der Waals surface area contributed by atoms with E-state index in [1.165, 1.54) is 11.8 Å². The number of aliphatic hydroxyl groups excluding tert-OH is 1. The van der Waals surface area contributed by atoms with Gasteiger partial charge in [0.15, 0.2) is 0 Å². The van der Waals surface area contributed by atoms with Crippen LogP contribution >= 0.6 is 24.0 Å². The minimum Gasteiger partial charge on any atom is -0.507 e. The first-order valence-corrected chi connectivity index (χ1v) is 6.99. The van der Waals surface area contributed by atoms with Crippen molar-refractivity contribution < 1.29 is 9.84 Å². The molecule has 0 heterocycles. The molecular formula is C13H14O2S2. The smallest absolute Gasteiger partial charge is 0.128 e. The number of methoxy groups -OCH3 is 1. The maximum atomic E-state index is 10.3. The molecule has 0 atom stereocenters. The van der Waals surface area contributed by atoms with Gasteiger partial charge >= 0.3 is 0 Å². The van der Waals surface area contributed by atoms with E-state index >= 15 is 0 Å². The lowest BCUT2D eigenvalue weighted by Crippen LogP contribution is -2.10. The first-order chi connectivity index (χ1) is 8.19. The van der Waals surface area contributed by atoms with Crippen LogP contribution in [-0.2, 0) is 6.42 Å². The lowest BCUT2D eigenvalue weighted by Gasteiger charge is -2.21. The zero-order valence-electron chi connectivity index (χ0n) is 9.82. The average molecular weight is 266 g/mol. The van der Waals surface area contributed by atoms with Crippen LogP contribution in [0.25, 0.3) is 5.76 Å². The Morgan fingerprint density at radius 2 is 2.18 bits per heavy atom. The summed E-state index contributed by atoms with van der Waals surface area (Å²) < 4.78 is 6.09. The third-order valence-electron chi connectivity index (χ3n) is 2.95. The zero-order chi connectivity index (χ0) is 12.4. The van der Waals surface area contributed by atoms with Crippen molar-refractivity contribution >= 4 is 33.9 Å². The molecule has 0 fully saturated rings. The maximum Gasteiger partial charge on any atom is 0.128 e. The standard InChI is InChI=1S/C13H14O2S2/c1-15-11-5-3-4-9-8(11)6-7-10(12(9)14)13(16)17-2/h3-5,14H,6-7H2,1-2H3. The topological polar surface area (TPSA) is 29.5 Å². The van der Waals surface area contributed by atoms with E-state index in [4.69, 9.17) is 17.0 Å². The number of aliphatic hydroxyl groups is 1. The molecule has 2 rings (SSSR count). The molecule has 17 heavy (non-hydrogen) atoms. The number of hydrogen-bond donors (Lipinski definition) is 1. The minimum absolute atomic E-state index is 0.310. The van der Waals surface area contributed by atoms with E-state index in [9.17, 15) is 5.11 Å². The van der Waals surface area contributed by atoms with Crippen molar-refractivity contribution in [2.75, 3.05) is 13.4 Å². The third kappa shape index (κ3) is 2.19. The molecule has 0 aromatic heterocycles. The van der Waals surface area contributed by atoms with Crippen molar-refractivity contribution in [1.29, 1.82) is 0 Å². The summed E-state index contributed by atoms with van der Waals surface area (Å²) in [4.78, 5) is 0. The fourth-order valence-electron chi connectivity index (χ4n) is 2.09. The molecule has 0 aliphatic heterocycles. The molecule has 1 aromatic carbocycles. The highest BCUT2D eigenvalue weighted by molar-refractivity contribution is 8.23. The second-order valence-corrected chi connectivity index (χ2v) is 5.29. The summed E-state index contributed by atoms with van der Waals surface area (Å²) in [5, 5.41) is 10.3. The maximum absolute atomic E-state index is 10.3. The number of hydrogen-bond acceptors (Lipinski definition) is 4. The Labute approximate surface area is 111 Å². The summed E-state index contributed by atoms with van der Waals surface area (Å²) in [5.74, 6) is 1.15. The molecule has 1 aliphatic carbocycles. The molecule has 4 heteroatoms. The van der Waals surface area contributed by atoms with E-state index in [0.29, 0.717) is 5.76 Å². The SMILES string of the molecule is COc1cccc2c1CCC(C(=S)SC)=C2O. The van der Waals surface area contributed by atoms with Crippen molar-refractivity contribution in [2.45, 2.75) is 12.8 Å². The second-order valence-electron chi connectivity index (χ2n) is 3.81. The second kappa shape index (κ2) is 5.10. The molecule has 0 saturated heterocycles. The van der Waals surface area contributed by atoms with Gasteiger partial charge in [-0.25, -0.2) is 0 Å². The van der Waals surface area contributed by atoms with Crippen LogP contribution in [0.4, 0.5) is 0 Å². The molecule has 90 valence electrons. The minimum atomic E-state index is 0.310. The van der Waals surface area contributed by atoms with Crippen molar-refractivity contribution in [3.63, 3.8) is 0 Å². The molecule has 0 amide bonds. The molecule has 2 nitrogen and oxygen atoms in total. The first-order valence-electron chi connectivity index (χ1n) is 5.35. The van der Waals surface area contributed by atoms with Crippen LogP contribution in [0.2, 0.25) is 0 Å². The molecular weight excluding hydrogens is 252 g/mol. The number of ether oxygens (including phenoxy) is 1. The monoisotopic (exact) mass is 266 g/mol. The molecule has 1 aliphatic rings. The van der Waals surface area contributed by atoms with Crippen molar-refractivity contribution in [3.8, 4) is 5.75 Å². The zero-order valence-corrected chi connectivity index (χ0v) is 11.5. The van der Waals surface area contributed by atoms with Crippen LogP contribution in [0.15, 0.2) is 23.8 Å². The van der Waals surface area contributed by atoms with Crippen LogP contribution in [0.3, 0.4) is 0 Å². The van der Waals surface area contributed by atoms with Gasteiger partial charge in [0.1, 0.15) is 11.5 Å². The number of rotatable bonds is 2. The lowest BCUT2D eigenvalue weighted by atomic mass is 9.90. The quantitative estimate of drug-likeness (QED) is 0.828. The van der Waals surface area contributed by atoms with E-state index in [2.05, 4.69) is 0 Å². The number of thiocarbonyl (C=S) groups is 1. The van der Waals surface area contributed by atoms with Gasteiger partial charge in [0.2, 0.25) is 0 Å². The summed E-state index contributed by atoms with van der Waals surface area (Å²) in [7, 11) is 1.65. The van der Waals surface area contributed by atoms with Gasteiger partial charge in [0.05, 0.1) is 11.3 Å². The molecule has 1 N–H and O–H groups in total. The predicted octanol–water partition coefficient (Wildman–Crippen LogP) is 3.60. The van der Waals surface area contributed by atoms with Crippen LogP contribution in [-0.4, -0.2) is 22.7 Å². The number of benzene rings is 1. The van der Waals surface area contributed by atoms with Gasteiger partial charge in [-0.1, -0.05) is 24.4 Å². The molecule has 0 saturated carbocycles. The summed E-state index contributed by atoms with van der Waals surface area (Å²) >= 11 is 6.76. The Kier molecular flexibility index (Phi) is 3.74. The van der Waals surface area contributed by atoms with E-state index < -0.39 is 0 Å². The van der Waals surface area contributed by atoms with Gasteiger partial charge in [0, 0.05) is 16.7 Å². The average Bonchev–Trinajstić information content (AvgIpc) is 2.38. The fourth-order valence-corrected chi connectivity index (χ4v) is 2.73. The van der Waals surface area contributed by atoms with E-state index in [0.717, 1.165) is 39.5 Å². The van der Waals surface area contributed by atoms with E-state index in [-0.39, 0.29) is 0 Å². The van der Waals surface area contributed by atoms with Crippen molar-refractivity contribution in [3.05, 3.63) is 34.9 Å². The van der Waals surface area contributed by atoms with Gasteiger partial charge in [-0.15, -0.1) is 11.8 Å². The Hall–Kier alpha value is -1.00. The third-order valence-corrected chi connectivity index (χ3v) is 4.31. The van der Waals surface area contributed by atoms with E-state index in [1.54, 1.807) is 7.11 Å². The summed E-state index contributed by atoms with van der Waals surface area (Å²) in [6.07, 6.45) is 3.57. The van der Waals surface area contributed by atoms with Gasteiger partial charge < -0.3 is 9.84 Å². The predicted molar refractivity (Wildman–Crippen MR) is 77.0 cm³/mol. The highest BCUT2D eigenvalue weighted by Gasteiger charge is 2.23. The highest BCUT2D eigenvalue weighted by atomic mass is 32.2.